The van der Waals surface area contributed by atoms with Crippen molar-refractivity contribution in [3.8, 4) is 0 Å². The van der Waals surface area contributed by atoms with Crippen LogP contribution >= 0.6 is 0 Å². The van der Waals surface area contributed by atoms with Crippen LogP contribution < -0.4 is 0 Å². The van der Waals surface area contributed by atoms with E-state index in [4.69, 9.17) is 0 Å². The first-order chi connectivity index (χ1) is 11.5. The molecule has 128 valence electrons. The molecule has 1 aromatic heterocycles. The average Bonchev–Trinajstić information content (AvgIpc) is 2.95. The van der Waals surface area contributed by atoms with E-state index < -0.39 is 5.60 Å². The molecular weight excluding hydrogens is 300 g/mol. The number of carbonyl (C=O) groups excluding carboxylic acids is 1. The zero-order valence-electron chi connectivity index (χ0n) is 14.4. The van der Waals surface area contributed by atoms with Gasteiger partial charge >= 0.3 is 0 Å². The van der Waals surface area contributed by atoms with Crippen LogP contribution in [-0.2, 0) is 11.3 Å². The Kier molecular flexibility index (Phi) is 3.87. The summed E-state index contributed by atoms with van der Waals surface area (Å²) in [7, 11) is 0. The van der Waals surface area contributed by atoms with Crippen molar-refractivity contribution in [1.29, 1.82) is 0 Å². The Morgan fingerprint density at radius 3 is 3.04 bits per heavy atom. The zero-order chi connectivity index (χ0) is 16.7. The molecule has 2 aromatic rings. The van der Waals surface area contributed by atoms with Crippen molar-refractivity contribution in [3.63, 3.8) is 0 Å². The lowest BCUT2D eigenvalue weighted by Crippen LogP contribution is -2.55. The van der Waals surface area contributed by atoms with Crippen LogP contribution in [0.4, 0.5) is 0 Å². The van der Waals surface area contributed by atoms with Gasteiger partial charge in [-0.1, -0.05) is 24.5 Å². The summed E-state index contributed by atoms with van der Waals surface area (Å²) in [6.07, 6.45) is 6.98. The number of rotatable bonds is 2. The maximum Gasteiger partial charge on any atom is 0.242 e. The lowest BCUT2D eigenvalue weighted by Gasteiger charge is -2.47. The van der Waals surface area contributed by atoms with Gasteiger partial charge in [-0.2, -0.15) is 0 Å². The van der Waals surface area contributed by atoms with Crippen LogP contribution in [0.5, 0.6) is 0 Å². The van der Waals surface area contributed by atoms with E-state index in [1.54, 1.807) is 0 Å². The van der Waals surface area contributed by atoms with E-state index in [0.29, 0.717) is 19.6 Å². The van der Waals surface area contributed by atoms with Gasteiger partial charge in [0.2, 0.25) is 5.91 Å². The maximum absolute atomic E-state index is 12.8. The van der Waals surface area contributed by atoms with Crippen LogP contribution in [-0.4, -0.2) is 39.2 Å². The molecule has 1 aromatic carbocycles. The highest BCUT2D eigenvalue weighted by molar-refractivity contribution is 5.84. The standard InChI is InChI=1S/C20H26N2O2/c1-15-5-6-18-16(12-15)7-10-21(18)14-19(23)22-11-9-20(24)8-3-2-4-17(20)13-22/h5-7,10,12,17,24H,2-4,8-9,11,13-14H2,1H3/t17-,20-/m1/s1. The molecule has 2 heterocycles. The lowest BCUT2D eigenvalue weighted by atomic mass is 9.71. The predicted octanol–water partition coefficient (Wildman–Crippen LogP) is 3.10. The second kappa shape index (κ2) is 5.92. The van der Waals surface area contributed by atoms with Crippen LogP contribution in [0, 0.1) is 12.8 Å². The van der Waals surface area contributed by atoms with Crippen LogP contribution in [0.25, 0.3) is 10.9 Å². The Morgan fingerprint density at radius 1 is 1.29 bits per heavy atom. The highest BCUT2D eigenvalue weighted by Gasteiger charge is 2.43. The normalized spacial score (nSPS) is 27.2. The fraction of sp³-hybridized carbons (Fsp3) is 0.550. The first-order valence-corrected chi connectivity index (χ1v) is 9.11. The Labute approximate surface area is 143 Å². The summed E-state index contributed by atoms with van der Waals surface area (Å²) in [5.41, 5.74) is 1.83. The number of hydrogen-bond acceptors (Lipinski definition) is 2. The van der Waals surface area contributed by atoms with Crippen molar-refractivity contribution >= 4 is 16.8 Å². The molecule has 1 saturated carbocycles. The van der Waals surface area contributed by atoms with Gasteiger partial charge in [0, 0.05) is 30.7 Å². The van der Waals surface area contributed by atoms with Gasteiger partial charge in [-0.3, -0.25) is 4.79 Å². The van der Waals surface area contributed by atoms with Crippen molar-refractivity contribution in [1.82, 2.24) is 9.47 Å². The number of aliphatic hydroxyl groups is 1. The molecule has 1 saturated heterocycles. The van der Waals surface area contributed by atoms with Crippen molar-refractivity contribution in [2.75, 3.05) is 13.1 Å². The fourth-order valence-electron chi connectivity index (χ4n) is 4.50. The summed E-state index contributed by atoms with van der Waals surface area (Å²) < 4.78 is 2.04. The molecule has 0 bridgehead atoms. The smallest absolute Gasteiger partial charge is 0.242 e. The number of aryl methyl sites for hydroxylation is 1. The number of amides is 1. The minimum Gasteiger partial charge on any atom is -0.389 e. The van der Waals surface area contributed by atoms with Gasteiger partial charge in [0.05, 0.1) is 5.60 Å². The Morgan fingerprint density at radius 2 is 2.17 bits per heavy atom. The van der Waals surface area contributed by atoms with Crippen LogP contribution in [0.1, 0.15) is 37.7 Å². The van der Waals surface area contributed by atoms with E-state index >= 15 is 0 Å². The van der Waals surface area contributed by atoms with Crippen molar-refractivity contribution < 1.29 is 9.90 Å². The molecule has 1 N–H and O–H groups in total. The average molecular weight is 326 g/mol. The summed E-state index contributed by atoms with van der Waals surface area (Å²) in [5, 5.41) is 12.0. The Balaban J connectivity index is 1.48. The molecule has 0 unspecified atom stereocenters. The number of aromatic nitrogens is 1. The highest BCUT2D eigenvalue weighted by Crippen LogP contribution is 2.39. The molecule has 0 spiro atoms. The van der Waals surface area contributed by atoms with Gasteiger partial charge in [0.25, 0.3) is 0 Å². The molecule has 24 heavy (non-hydrogen) atoms. The van der Waals surface area contributed by atoms with Crippen LogP contribution in [0.3, 0.4) is 0 Å². The molecule has 1 aliphatic carbocycles. The largest absolute Gasteiger partial charge is 0.389 e. The molecule has 0 radical (unpaired) electrons. The molecule has 4 rings (SSSR count). The lowest BCUT2D eigenvalue weighted by molar-refractivity contribution is -0.143. The van der Waals surface area contributed by atoms with Gasteiger partial charge in [0.15, 0.2) is 0 Å². The highest BCUT2D eigenvalue weighted by atomic mass is 16.3. The third-order valence-corrected chi connectivity index (χ3v) is 6.01. The monoisotopic (exact) mass is 326 g/mol. The molecule has 2 aliphatic rings. The third kappa shape index (κ3) is 2.73. The van der Waals surface area contributed by atoms with Crippen molar-refractivity contribution in [2.45, 2.75) is 51.2 Å². The number of benzene rings is 1. The van der Waals surface area contributed by atoms with E-state index in [9.17, 15) is 9.90 Å². The summed E-state index contributed by atoms with van der Waals surface area (Å²) in [4.78, 5) is 14.7. The van der Waals surface area contributed by atoms with Crippen molar-refractivity contribution in [2.24, 2.45) is 5.92 Å². The molecule has 1 aliphatic heterocycles. The number of carbonyl (C=O) groups is 1. The SMILES string of the molecule is Cc1ccc2c(ccn2CC(=O)N2CC[C@]3(O)CCCC[C@@H]3C2)c1. The summed E-state index contributed by atoms with van der Waals surface area (Å²) >= 11 is 0. The topological polar surface area (TPSA) is 45.5 Å². The van der Waals surface area contributed by atoms with E-state index in [0.717, 1.165) is 31.2 Å². The third-order valence-electron chi connectivity index (χ3n) is 6.01. The predicted molar refractivity (Wildman–Crippen MR) is 94.8 cm³/mol. The van der Waals surface area contributed by atoms with Gasteiger partial charge in [-0.15, -0.1) is 0 Å². The number of likely N-dealkylation sites (tertiary alicyclic amines) is 1. The molecule has 1 amide bonds. The molecule has 4 nitrogen and oxygen atoms in total. The van der Waals surface area contributed by atoms with Crippen LogP contribution in [0.2, 0.25) is 0 Å². The number of piperidine rings is 1. The molecule has 2 fully saturated rings. The van der Waals surface area contributed by atoms with E-state index in [-0.39, 0.29) is 11.8 Å². The number of fused-ring (bicyclic) bond motifs is 2. The summed E-state index contributed by atoms with van der Waals surface area (Å²) in [6.45, 7) is 3.87. The number of hydrogen-bond donors (Lipinski definition) is 1. The van der Waals surface area contributed by atoms with E-state index in [1.807, 2.05) is 15.7 Å². The maximum atomic E-state index is 12.8. The Hall–Kier alpha value is -1.81. The van der Waals surface area contributed by atoms with E-state index in [1.165, 1.54) is 17.4 Å². The van der Waals surface area contributed by atoms with Gasteiger partial charge in [-0.05, 0) is 49.8 Å². The van der Waals surface area contributed by atoms with Crippen LogP contribution in [0.15, 0.2) is 30.5 Å². The fourth-order valence-corrected chi connectivity index (χ4v) is 4.50. The van der Waals surface area contributed by atoms with Gasteiger partial charge in [-0.25, -0.2) is 0 Å². The summed E-state index contributed by atoms with van der Waals surface area (Å²) in [6, 6.07) is 8.41. The van der Waals surface area contributed by atoms with E-state index in [2.05, 4.69) is 31.2 Å². The molecular formula is C20H26N2O2. The first kappa shape index (κ1) is 15.7. The molecule has 4 heteroatoms. The number of nitrogens with zero attached hydrogens (tertiary/aromatic N) is 2. The second-order valence-electron chi connectivity index (χ2n) is 7.64. The zero-order valence-corrected chi connectivity index (χ0v) is 14.4. The van der Waals surface area contributed by atoms with Gasteiger partial charge in [0.1, 0.15) is 6.54 Å². The van der Waals surface area contributed by atoms with Crippen molar-refractivity contribution in [3.05, 3.63) is 36.0 Å². The summed E-state index contributed by atoms with van der Waals surface area (Å²) in [5.74, 6) is 0.425. The first-order valence-electron chi connectivity index (χ1n) is 9.11. The minimum atomic E-state index is -0.521. The molecule has 2 atom stereocenters. The minimum absolute atomic E-state index is 0.167. The quantitative estimate of drug-likeness (QED) is 0.922. The Bertz CT molecular complexity index is 766. The second-order valence-corrected chi connectivity index (χ2v) is 7.64. The van der Waals surface area contributed by atoms with Gasteiger partial charge < -0.3 is 14.6 Å².